The number of hydrogen-bond donors (Lipinski definition) is 1. The Kier molecular flexibility index (Phi) is 6.70. The molecule has 1 fully saturated rings. The van der Waals surface area contributed by atoms with Crippen molar-refractivity contribution >= 4 is 17.7 Å². The highest BCUT2D eigenvalue weighted by molar-refractivity contribution is 6.06. The molecule has 7 nitrogen and oxygen atoms in total. The van der Waals surface area contributed by atoms with Crippen molar-refractivity contribution in [3.8, 4) is 0 Å². The van der Waals surface area contributed by atoms with Crippen LogP contribution < -0.4 is 0 Å². The third kappa shape index (κ3) is 4.61. The van der Waals surface area contributed by atoms with Crippen LogP contribution in [0, 0.1) is 19.8 Å². The summed E-state index contributed by atoms with van der Waals surface area (Å²) in [6.07, 6.45) is 4.04. The number of ketones is 1. The first-order valence-corrected chi connectivity index (χ1v) is 10.5. The lowest BCUT2D eigenvalue weighted by atomic mass is 9.99. The van der Waals surface area contributed by atoms with E-state index in [0.29, 0.717) is 35.5 Å². The number of rotatable bonds is 9. The molecule has 1 N–H and O–H groups in total. The number of Topliss-reactive ketones (excluding diaryl/α,β-unsaturated/α-hetero) is 1. The molecule has 2 aromatic heterocycles. The molecule has 0 aromatic carbocycles. The van der Waals surface area contributed by atoms with Gasteiger partial charge in [-0.05, 0) is 58.2 Å². The highest BCUT2D eigenvalue weighted by Crippen LogP contribution is 2.32. The van der Waals surface area contributed by atoms with Crippen LogP contribution in [-0.4, -0.2) is 51.7 Å². The molecule has 0 unspecified atom stereocenters. The Bertz CT molecular complexity index is 931. The van der Waals surface area contributed by atoms with Gasteiger partial charge in [-0.3, -0.25) is 14.6 Å². The van der Waals surface area contributed by atoms with Gasteiger partial charge in [0.25, 0.3) is 0 Å². The molecule has 0 bridgehead atoms. The maximum Gasteiger partial charge on any atom is 0.355 e. The summed E-state index contributed by atoms with van der Waals surface area (Å²) in [7, 11) is 0. The number of aromatic nitrogens is 2. The number of H-pyrrole nitrogens is 1. The molecule has 1 aliphatic carbocycles. The number of amides is 1. The predicted octanol–water partition coefficient (Wildman–Crippen LogP) is 3.26. The van der Waals surface area contributed by atoms with Crippen molar-refractivity contribution in [3.63, 3.8) is 0 Å². The zero-order valence-electron chi connectivity index (χ0n) is 18.0. The van der Waals surface area contributed by atoms with E-state index in [9.17, 15) is 14.4 Å². The lowest BCUT2D eigenvalue weighted by molar-refractivity contribution is -0.133. The largest absolute Gasteiger partial charge is 0.461 e. The molecule has 0 saturated heterocycles. The Morgan fingerprint density at radius 3 is 2.60 bits per heavy atom. The lowest BCUT2D eigenvalue weighted by Gasteiger charge is -2.29. The summed E-state index contributed by atoms with van der Waals surface area (Å²) in [5, 5.41) is 0. The number of aromatic amines is 1. The van der Waals surface area contributed by atoms with E-state index in [0.717, 1.165) is 18.5 Å². The number of aryl methyl sites for hydroxylation is 1. The summed E-state index contributed by atoms with van der Waals surface area (Å²) in [6, 6.07) is 5.04. The second-order valence-electron chi connectivity index (χ2n) is 7.76. The van der Waals surface area contributed by atoms with Crippen molar-refractivity contribution < 1.29 is 19.1 Å². The fourth-order valence-electron chi connectivity index (χ4n) is 3.72. The molecule has 1 atom stereocenters. The molecule has 1 aliphatic rings. The molecule has 1 amide bonds. The maximum atomic E-state index is 13.4. The number of ether oxygens (including phenoxy) is 1. The smallest absolute Gasteiger partial charge is 0.355 e. The topological polar surface area (TPSA) is 92.4 Å². The molecule has 0 aliphatic heterocycles. The minimum atomic E-state index is -0.634. The van der Waals surface area contributed by atoms with E-state index in [4.69, 9.17) is 4.74 Å². The van der Waals surface area contributed by atoms with E-state index in [2.05, 4.69) is 9.97 Å². The van der Waals surface area contributed by atoms with Gasteiger partial charge in [0, 0.05) is 42.0 Å². The zero-order chi connectivity index (χ0) is 21.8. The van der Waals surface area contributed by atoms with Crippen LogP contribution in [0.3, 0.4) is 0 Å². The quantitative estimate of drug-likeness (QED) is 0.505. The molecule has 30 heavy (non-hydrogen) atoms. The number of carbonyl (C=O) groups excluding carboxylic acids is 3. The van der Waals surface area contributed by atoms with Crippen LogP contribution in [0.4, 0.5) is 0 Å². The number of nitrogens with one attached hydrogen (secondary N) is 1. The van der Waals surface area contributed by atoms with E-state index in [-0.39, 0.29) is 24.2 Å². The Labute approximate surface area is 176 Å². The zero-order valence-corrected chi connectivity index (χ0v) is 18.0. The molecule has 7 heteroatoms. The van der Waals surface area contributed by atoms with Gasteiger partial charge in [0.1, 0.15) is 5.69 Å². The van der Waals surface area contributed by atoms with E-state index < -0.39 is 12.0 Å². The van der Waals surface area contributed by atoms with Gasteiger partial charge in [-0.2, -0.15) is 0 Å². The predicted molar refractivity (Wildman–Crippen MR) is 112 cm³/mol. The number of carbonyl (C=O) groups is 3. The highest BCUT2D eigenvalue weighted by atomic mass is 16.5. The van der Waals surface area contributed by atoms with Crippen molar-refractivity contribution in [1.82, 2.24) is 14.9 Å². The van der Waals surface area contributed by atoms with Crippen LogP contribution in [-0.2, 0) is 16.0 Å². The Morgan fingerprint density at radius 2 is 2.00 bits per heavy atom. The van der Waals surface area contributed by atoms with Gasteiger partial charge in [-0.1, -0.05) is 6.07 Å². The third-order valence-electron chi connectivity index (χ3n) is 5.56. The van der Waals surface area contributed by atoms with Crippen LogP contribution in [0.2, 0.25) is 0 Å². The lowest BCUT2D eigenvalue weighted by Crippen LogP contribution is -2.45. The number of pyridine rings is 1. The fraction of sp³-hybridized carbons (Fsp3) is 0.478. The van der Waals surface area contributed by atoms with E-state index >= 15 is 0 Å². The fourth-order valence-corrected chi connectivity index (χ4v) is 3.72. The number of nitrogens with zero attached hydrogens (tertiary/aromatic N) is 2. The summed E-state index contributed by atoms with van der Waals surface area (Å²) in [4.78, 5) is 47.5. The van der Waals surface area contributed by atoms with Gasteiger partial charge >= 0.3 is 5.97 Å². The van der Waals surface area contributed by atoms with Gasteiger partial charge in [0.2, 0.25) is 5.91 Å². The van der Waals surface area contributed by atoms with Crippen molar-refractivity contribution in [2.24, 2.45) is 5.92 Å². The van der Waals surface area contributed by atoms with Gasteiger partial charge in [0.15, 0.2) is 5.78 Å². The first-order valence-electron chi connectivity index (χ1n) is 10.5. The van der Waals surface area contributed by atoms with E-state index in [1.807, 2.05) is 18.2 Å². The summed E-state index contributed by atoms with van der Waals surface area (Å²) in [5.41, 5.74) is 2.79. The number of hydrogen-bond acceptors (Lipinski definition) is 5. The molecule has 2 heterocycles. The summed E-state index contributed by atoms with van der Waals surface area (Å²) >= 11 is 0. The molecular formula is C23H29N3O4. The monoisotopic (exact) mass is 411 g/mol. The van der Waals surface area contributed by atoms with Crippen LogP contribution in [0.15, 0.2) is 24.4 Å². The summed E-state index contributed by atoms with van der Waals surface area (Å²) in [6.45, 7) is 7.67. The minimum absolute atomic E-state index is 0.00694. The second-order valence-corrected chi connectivity index (χ2v) is 7.76. The Hall–Kier alpha value is -2.96. The molecule has 2 aromatic rings. The molecular weight excluding hydrogens is 382 g/mol. The maximum absolute atomic E-state index is 13.4. The van der Waals surface area contributed by atoms with Crippen LogP contribution >= 0.6 is 0 Å². The van der Waals surface area contributed by atoms with Crippen LogP contribution in [0.25, 0.3) is 0 Å². The normalized spacial score (nSPS) is 14.3. The van der Waals surface area contributed by atoms with Gasteiger partial charge in [0.05, 0.1) is 12.6 Å². The van der Waals surface area contributed by atoms with Crippen molar-refractivity contribution in [2.75, 3.05) is 13.2 Å². The van der Waals surface area contributed by atoms with Crippen molar-refractivity contribution in [3.05, 3.63) is 52.6 Å². The number of esters is 1. The molecule has 0 radical (unpaired) electrons. The standard InChI is InChI=1S/C23H29N3O4/c1-5-30-23(29)20-14(2)19(15(3)25-20)21(27)16(4)26(22(28)17-9-10-17)13-11-18-8-6-7-12-24-18/h6-8,12,16-17,25H,5,9-11,13H2,1-4H3/t16-/m0/s1. The van der Waals surface area contributed by atoms with Crippen LogP contribution in [0.1, 0.15) is 64.5 Å². The Morgan fingerprint density at radius 1 is 1.27 bits per heavy atom. The summed E-state index contributed by atoms with van der Waals surface area (Å²) < 4.78 is 5.08. The van der Waals surface area contributed by atoms with Gasteiger partial charge in [-0.25, -0.2) is 4.79 Å². The van der Waals surface area contributed by atoms with Crippen molar-refractivity contribution in [2.45, 2.75) is 53.0 Å². The third-order valence-corrected chi connectivity index (χ3v) is 5.56. The summed E-state index contributed by atoms with van der Waals surface area (Å²) in [5.74, 6) is -0.631. The minimum Gasteiger partial charge on any atom is -0.461 e. The first-order chi connectivity index (χ1) is 14.3. The van der Waals surface area contributed by atoms with E-state index in [1.54, 1.807) is 38.8 Å². The SMILES string of the molecule is CCOC(=O)c1[nH]c(C)c(C(=O)[C@H](C)N(CCc2ccccn2)C(=O)C2CC2)c1C. The molecule has 160 valence electrons. The average molecular weight is 412 g/mol. The van der Waals surface area contributed by atoms with Crippen molar-refractivity contribution in [1.29, 1.82) is 0 Å². The molecule has 1 saturated carbocycles. The molecule has 3 rings (SSSR count). The Balaban J connectivity index is 1.83. The average Bonchev–Trinajstić information content (AvgIpc) is 3.53. The van der Waals surface area contributed by atoms with Gasteiger partial charge < -0.3 is 14.6 Å². The van der Waals surface area contributed by atoms with Crippen LogP contribution in [0.5, 0.6) is 0 Å². The van der Waals surface area contributed by atoms with E-state index in [1.165, 1.54) is 0 Å². The first kappa shape index (κ1) is 21.7. The van der Waals surface area contributed by atoms with Gasteiger partial charge in [-0.15, -0.1) is 0 Å². The highest BCUT2D eigenvalue weighted by Gasteiger charge is 2.38. The second kappa shape index (κ2) is 9.24. The molecule has 0 spiro atoms.